The molecule has 4 aliphatic rings. The zero-order chi connectivity index (χ0) is 42.0. The quantitative estimate of drug-likeness (QED) is 0.0906. The number of carbonyl (C=O) groups excluding carboxylic acids is 3. The highest BCUT2D eigenvalue weighted by atomic mass is 16.3. The van der Waals surface area contributed by atoms with Crippen LogP contribution >= 0.6 is 0 Å². The van der Waals surface area contributed by atoms with Gasteiger partial charge in [-0.15, -0.1) is 0 Å². The maximum atomic E-state index is 13.5. The Balaban J connectivity index is 0.799. The molecule has 1 aliphatic carbocycles. The average molecular weight is 814 g/mol. The van der Waals surface area contributed by atoms with Gasteiger partial charge in [0.1, 0.15) is 11.8 Å². The van der Waals surface area contributed by atoms with Crippen molar-refractivity contribution in [2.24, 2.45) is 5.92 Å². The molecular weight excluding hydrogens is 757 g/mol. The summed E-state index contributed by atoms with van der Waals surface area (Å²) in [6.45, 7) is 10.9. The van der Waals surface area contributed by atoms with Crippen LogP contribution in [0, 0.1) is 17.2 Å². The molecule has 60 heavy (non-hydrogen) atoms. The van der Waals surface area contributed by atoms with Crippen LogP contribution < -0.4 is 26.3 Å². The number of rotatable bonds is 10. The smallest absolute Gasteiger partial charge is 0.274 e. The van der Waals surface area contributed by atoms with Crippen LogP contribution in [0.2, 0.25) is 0 Å². The Kier molecular flexibility index (Phi) is 12.0. The molecule has 3 amide bonds. The molecule has 14 heteroatoms. The molecule has 3 saturated heterocycles. The Morgan fingerprint density at radius 3 is 2.48 bits per heavy atom. The topological polar surface area (TPSA) is 186 Å². The van der Waals surface area contributed by atoms with E-state index in [1.807, 2.05) is 24.4 Å². The number of anilines is 3. The normalized spacial score (nSPS) is 22.6. The Hall–Kier alpha value is -5.62. The maximum Gasteiger partial charge on any atom is 0.274 e. The van der Waals surface area contributed by atoms with Gasteiger partial charge in [-0.3, -0.25) is 24.6 Å². The molecule has 6 N–H and O–H groups in total. The molecule has 0 bridgehead atoms. The predicted octanol–water partition coefficient (Wildman–Crippen LogP) is 3.13. The summed E-state index contributed by atoms with van der Waals surface area (Å²) in [5.41, 5.74) is 11.0. The van der Waals surface area contributed by atoms with Crippen molar-refractivity contribution in [3.63, 3.8) is 0 Å². The first-order chi connectivity index (χ1) is 28.9. The maximum absolute atomic E-state index is 13.5. The molecular formula is C46H57N10O4+. The second-order valence-electron chi connectivity index (χ2n) is 17.6. The van der Waals surface area contributed by atoms with Crippen molar-refractivity contribution in [1.29, 1.82) is 5.26 Å². The SMILES string of the molecule is CC(C)(O)c1cc(N)c(C=[NH+]C2CCC(N3CCN(CC4CCN(c5cccc([C@H]6CCC(=O)NC6=O)c5)CC4)CC3)CC2)cc1NC(=O)c1ccc2cc(C#N)cnn12. The van der Waals surface area contributed by atoms with E-state index in [4.69, 9.17) is 5.73 Å². The largest absolute Gasteiger partial charge is 0.398 e. The fourth-order valence-corrected chi connectivity index (χ4v) is 9.60. The van der Waals surface area contributed by atoms with E-state index >= 15 is 0 Å². The molecule has 4 aromatic rings. The monoisotopic (exact) mass is 813 g/mol. The van der Waals surface area contributed by atoms with Gasteiger partial charge in [-0.2, -0.15) is 10.4 Å². The molecule has 14 nitrogen and oxygen atoms in total. The number of benzene rings is 2. The van der Waals surface area contributed by atoms with Crippen LogP contribution in [0.4, 0.5) is 17.1 Å². The van der Waals surface area contributed by atoms with Gasteiger partial charge in [0.05, 0.1) is 34.4 Å². The van der Waals surface area contributed by atoms with Crippen molar-refractivity contribution >= 4 is 46.5 Å². The zero-order valence-corrected chi connectivity index (χ0v) is 34.7. The number of imide groups is 1. The molecule has 0 unspecified atom stereocenters. The molecule has 2 aromatic carbocycles. The summed E-state index contributed by atoms with van der Waals surface area (Å²) in [4.78, 5) is 49.0. The molecule has 0 spiro atoms. The van der Waals surface area contributed by atoms with Crippen LogP contribution in [-0.2, 0) is 15.2 Å². The van der Waals surface area contributed by atoms with Crippen molar-refractivity contribution < 1.29 is 24.5 Å². The van der Waals surface area contributed by atoms with Gasteiger partial charge in [0, 0.05) is 93.7 Å². The molecule has 314 valence electrons. The fourth-order valence-electron chi connectivity index (χ4n) is 9.60. The Morgan fingerprint density at radius 1 is 1.00 bits per heavy atom. The molecule has 3 aliphatic heterocycles. The fraction of sp³-hybridized carbons (Fsp3) is 0.478. The lowest BCUT2D eigenvalue weighted by Crippen LogP contribution is -2.77. The number of nitrogen functional groups attached to an aromatic ring is 1. The summed E-state index contributed by atoms with van der Waals surface area (Å²) in [5.74, 6) is -0.317. The van der Waals surface area contributed by atoms with Crippen LogP contribution in [-0.4, -0.2) is 106 Å². The zero-order valence-electron chi connectivity index (χ0n) is 34.7. The number of fused-ring (bicyclic) bond motifs is 1. The van der Waals surface area contributed by atoms with Gasteiger partial charge < -0.3 is 26.0 Å². The second-order valence-corrected chi connectivity index (χ2v) is 17.6. The Morgan fingerprint density at radius 2 is 1.77 bits per heavy atom. The second kappa shape index (κ2) is 17.5. The number of nitrogens with one attached hydrogen (secondary N) is 3. The van der Waals surface area contributed by atoms with E-state index in [1.54, 1.807) is 38.1 Å². The van der Waals surface area contributed by atoms with Gasteiger partial charge in [0.2, 0.25) is 11.8 Å². The van der Waals surface area contributed by atoms with E-state index in [1.165, 1.54) is 16.4 Å². The standard InChI is InChI=1S/C46H56N10O4/c1-46(2,60)39-25-40(48)33(24-41(39)51-45(59)42-12-10-37-22-31(26-47)27-50-56(37)42)28-49-34-6-8-35(9-7-34)55-20-18-53(19-21-55)29-30-14-16-54(17-15-30)36-5-3-4-32(23-36)38-11-13-43(57)52-44(38)58/h3-5,10,12,22-25,27-28,30,34-35,38,60H,6-9,11,13-21,29,48H2,1-2H3,(H,51,59)(H,52,57,58)/p+1/t34?,35?,38-/m1/s1. The summed E-state index contributed by atoms with van der Waals surface area (Å²) in [6, 6.07) is 19.9. The first-order valence-electron chi connectivity index (χ1n) is 21.5. The molecule has 2 aromatic heterocycles. The third-order valence-corrected chi connectivity index (χ3v) is 13.1. The number of nitrogens with zero attached hydrogens (tertiary/aromatic N) is 6. The van der Waals surface area contributed by atoms with E-state index in [0.717, 1.165) is 95.5 Å². The van der Waals surface area contributed by atoms with Gasteiger partial charge in [0.25, 0.3) is 5.91 Å². The number of piperazine rings is 1. The summed E-state index contributed by atoms with van der Waals surface area (Å²) in [5, 5.41) is 30.0. The van der Waals surface area contributed by atoms with E-state index < -0.39 is 11.5 Å². The van der Waals surface area contributed by atoms with Crippen LogP contribution in [0.1, 0.15) is 104 Å². The third kappa shape index (κ3) is 9.23. The van der Waals surface area contributed by atoms with Crippen LogP contribution in [0.5, 0.6) is 0 Å². The lowest BCUT2D eigenvalue weighted by atomic mass is 9.89. The Bertz CT molecular complexity index is 2300. The number of hydrogen-bond acceptors (Lipinski definition) is 10. The average Bonchev–Trinajstić information content (AvgIpc) is 3.68. The molecule has 8 rings (SSSR count). The minimum absolute atomic E-state index is 0.177. The van der Waals surface area contributed by atoms with Crippen molar-refractivity contribution in [3.05, 3.63) is 88.7 Å². The van der Waals surface area contributed by atoms with E-state index in [2.05, 4.69) is 53.6 Å². The van der Waals surface area contributed by atoms with Crippen LogP contribution in [0.15, 0.2) is 60.8 Å². The molecule has 1 atom stereocenters. The number of aromatic nitrogens is 2. The number of amides is 3. The molecule has 1 saturated carbocycles. The summed E-state index contributed by atoms with van der Waals surface area (Å²) in [6.07, 6.45) is 11.0. The number of aliphatic hydroxyl groups is 1. The van der Waals surface area contributed by atoms with Gasteiger partial charge in [-0.25, -0.2) is 9.51 Å². The van der Waals surface area contributed by atoms with Crippen molar-refractivity contribution in [3.8, 4) is 6.07 Å². The molecule has 5 heterocycles. The van der Waals surface area contributed by atoms with Gasteiger partial charge in [0.15, 0.2) is 12.3 Å². The third-order valence-electron chi connectivity index (χ3n) is 13.1. The summed E-state index contributed by atoms with van der Waals surface area (Å²) in [7, 11) is 0. The highest BCUT2D eigenvalue weighted by Gasteiger charge is 2.32. The van der Waals surface area contributed by atoms with Crippen LogP contribution in [0.25, 0.3) is 5.52 Å². The minimum atomic E-state index is -1.26. The lowest BCUT2D eigenvalue weighted by Gasteiger charge is -2.42. The summed E-state index contributed by atoms with van der Waals surface area (Å²) >= 11 is 0. The van der Waals surface area contributed by atoms with Crippen molar-refractivity contribution in [2.45, 2.75) is 88.8 Å². The van der Waals surface area contributed by atoms with Crippen LogP contribution in [0.3, 0.4) is 0 Å². The predicted molar refractivity (Wildman–Crippen MR) is 231 cm³/mol. The minimum Gasteiger partial charge on any atom is -0.398 e. The van der Waals surface area contributed by atoms with Crippen molar-refractivity contribution in [1.82, 2.24) is 24.7 Å². The van der Waals surface area contributed by atoms with E-state index in [-0.39, 0.29) is 17.7 Å². The first kappa shape index (κ1) is 41.1. The van der Waals surface area contributed by atoms with E-state index in [9.17, 15) is 24.8 Å². The number of nitrogens with two attached hydrogens (primary N) is 1. The molecule has 0 radical (unpaired) electrons. The number of carbonyl (C=O) groups is 3. The number of hydrogen-bond donors (Lipinski definition) is 5. The highest BCUT2D eigenvalue weighted by Crippen LogP contribution is 2.33. The van der Waals surface area contributed by atoms with Gasteiger partial charge >= 0.3 is 0 Å². The number of nitriles is 1. The van der Waals surface area contributed by atoms with Crippen molar-refractivity contribution in [2.75, 3.05) is 61.8 Å². The highest BCUT2D eigenvalue weighted by molar-refractivity contribution is 6.05. The van der Waals surface area contributed by atoms with E-state index in [0.29, 0.717) is 64.6 Å². The number of piperidine rings is 2. The van der Waals surface area contributed by atoms with Gasteiger partial charge in [-0.1, -0.05) is 12.1 Å². The van der Waals surface area contributed by atoms with Gasteiger partial charge in [-0.05, 0) is 99.9 Å². The first-order valence-corrected chi connectivity index (χ1v) is 21.5. The summed E-state index contributed by atoms with van der Waals surface area (Å²) < 4.78 is 1.49. The lowest BCUT2D eigenvalue weighted by molar-refractivity contribution is -0.503. The Labute approximate surface area is 351 Å². The molecule has 4 fully saturated rings.